The van der Waals surface area contributed by atoms with Gasteiger partial charge in [0.2, 0.25) is 0 Å². The molecule has 2 rings (SSSR count). The van der Waals surface area contributed by atoms with Crippen LogP contribution in [0, 0.1) is 0 Å². The molecule has 12 heavy (non-hydrogen) atoms. The quantitative estimate of drug-likeness (QED) is 0.647. The van der Waals surface area contributed by atoms with Crippen LogP contribution in [-0.4, -0.2) is 43.3 Å². The van der Waals surface area contributed by atoms with Crippen LogP contribution in [0.15, 0.2) is 0 Å². The van der Waals surface area contributed by atoms with Crippen molar-refractivity contribution in [1.29, 1.82) is 0 Å². The third-order valence-electron chi connectivity index (χ3n) is 2.27. The molecule has 0 aromatic heterocycles. The van der Waals surface area contributed by atoms with Gasteiger partial charge >= 0.3 is 6.09 Å². The van der Waals surface area contributed by atoms with E-state index < -0.39 is 0 Å². The van der Waals surface area contributed by atoms with Crippen LogP contribution >= 0.6 is 12.4 Å². The second-order valence-electron chi connectivity index (χ2n) is 2.95. The SMILES string of the molecule is Cl.O=C1OCCN1C1CCNC1. The standard InChI is InChI=1S/C7H12N2O2.ClH/c10-7-9(3-4-11-7)6-1-2-8-5-6;/h6,8H,1-5H2;1H. The Labute approximate surface area is 77.7 Å². The summed E-state index contributed by atoms with van der Waals surface area (Å²) in [4.78, 5) is 12.9. The van der Waals surface area contributed by atoms with Gasteiger partial charge in [-0.2, -0.15) is 0 Å². The van der Waals surface area contributed by atoms with Gasteiger partial charge in [-0.3, -0.25) is 0 Å². The van der Waals surface area contributed by atoms with Crippen LogP contribution in [0.1, 0.15) is 6.42 Å². The largest absolute Gasteiger partial charge is 0.448 e. The van der Waals surface area contributed by atoms with E-state index in [4.69, 9.17) is 4.74 Å². The number of carbonyl (C=O) groups is 1. The maximum absolute atomic E-state index is 11.0. The van der Waals surface area contributed by atoms with Crippen LogP contribution in [0.25, 0.3) is 0 Å². The molecular formula is C7H13ClN2O2. The molecule has 0 radical (unpaired) electrons. The molecule has 1 atom stereocenters. The Bertz CT molecular complexity index is 171. The highest BCUT2D eigenvalue weighted by molar-refractivity contribution is 5.85. The van der Waals surface area contributed by atoms with Crippen molar-refractivity contribution in [1.82, 2.24) is 10.2 Å². The zero-order chi connectivity index (χ0) is 7.68. The van der Waals surface area contributed by atoms with Gasteiger partial charge in [0.05, 0.1) is 6.54 Å². The highest BCUT2D eigenvalue weighted by Gasteiger charge is 2.31. The van der Waals surface area contributed by atoms with E-state index in [2.05, 4.69) is 5.32 Å². The summed E-state index contributed by atoms with van der Waals surface area (Å²) in [5, 5.41) is 3.22. The molecule has 0 aromatic carbocycles. The Kier molecular flexibility index (Phi) is 3.17. The van der Waals surface area contributed by atoms with Gasteiger partial charge in [-0.05, 0) is 13.0 Å². The van der Waals surface area contributed by atoms with Crippen LogP contribution in [0.2, 0.25) is 0 Å². The lowest BCUT2D eigenvalue weighted by Crippen LogP contribution is -2.37. The van der Waals surface area contributed by atoms with Crippen molar-refractivity contribution in [3.8, 4) is 0 Å². The Morgan fingerprint density at radius 1 is 1.58 bits per heavy atom. The first-order chi connectivity index (χ1) is 5.38. The predicted octanol–water partition coefficient (Wildman–Crippen LogP) is 0.222. The van der Waals surface area contributed by atoms with E-state index in [1.54, 1.807) is 0 Å². The molecule has 0 aromatic rings. The number of amides is 1. The fourth-order valence-corrected chi connectivity index (χ4v) is 1.64. The van der Waals surface area contributed by atoms with E-state index in [-0.39, 0.29) is 18.5 Å². The summed E-state index contributed by atoms with van der Waals surface area (Å²) in [6, 6.07) is 0.380. The fraction of sp³-hybridized carbons (Fsp3) is 0.857. The molecule has 0 spiro atoms. The summed E-state index contributed by atoms with van der Waals surface area (Å²) in [5.74, 6) is 0. The molecule has 2 saturated heterocycles. The van der Waals surface area contributed by atoms with E-state index in [1.807, 2.05) is 4.90 Å². The van der Waals surface area contributed by atoms with Crippen LogP contribution < -0.4 is 5.32 Å². The lowest BCUT2D eigenvalue weighted by Gasteiger charge is -2.19. The summed E-state index contributed by atoms with van der Waals surface area (Å²) < 4.78 is 4.84. The molecule has 2 heterocycles. The number of halogens is 1. The van der Waals surface area contributed by atoms with Gasteiger partial charge in [0.1, 0.15) is 6.61 Å². The molecule has 2 aliphatic rings. The smallest absolute Gasteiger partial charge is 0.410 e. The fourth-order valence-electron chi connectivity index (χ4n) is 1.64. The van der Waals surface area contributed by atoms with Gasteiger partial charge in [0, 0.05) is 12.6 Å². The molecule has 1 N–H and O–H groups in total. The summed E-state index contributed by atoms with van der Waals surface area (Å²) in [6.07, 6.45) is 0.924. The number of nitrogens with one attached hydrogen (secondary N) is 1. The molecule has 2 aliphatic heterocycles. The molecule has 70 valence electrons. The molecule has 0 bridgehead atoms. The summed E-state index contributed by atoms with van der Waals surface area (Å²) in [6.45, 7) is 3.28. The van der Waals surface area contributed by atoms with Crippen LogP contribution in [0.5, 0.6) is 0 Å². The summed E-state index contributed by atoms with van der Waals surface area (Å²) in [7, 11) is 0. The van der Waals surface area contributed by atoms with Crippen molar-refractivity contribution in [3.63, 3.8) is 0 Å². The van der Waals surface area contributed by atoms with Crippen molar-refractivity contribution in [2.24, 2.45) is 0 Å². The van der Waals surface area contributed by atoms with Crippen LogP contribution in [-0.2, 0) is 4.74 Å². The van der Waals surface area contributed by atoms with Gasteiger partial charge in [-0.15, -0.1) is 12.4 Å². The Balaban J connectivity index is 0.000000720. The number of cyclic esters (lactones) is 1. The highest BCUT2D eigenvalue weighted by Crippen LogP contribution is 2.13. The average Bonchev–Trinajstić information content (AvgIpc) is 2.55. The van der Waals surface area contributed by atoms with Gasteiger partial charge in [-0.1, -0.05) is 0 Å². The first-order valence-corrected chi connectivity index (χ1v) is 4.02. The minimum absolute atomic E-state index is 0. The van der Waals surface area contributed by atoms with Crippen molar-refractivity contribution < 1.29 is 9.53 Å². The monoisotopic (exact) mass is 192 g/mol. The lowest BCUT2D eigenvalue weighted by atomic mass is 10.2. The Hall–Kier alpha value is -0.480. The van der Waals surface area contributed by atoms with Crippen molar-refractivity contribution in [2.75, 3.05) is 26.2 Å². The van der Waals surface area contributed by atoms with Gasteiger partial charge in [0.15, 0.2) is 0 Å². The minimum atomic E-state index is -0.140. The number of ether oxygens (including phenoxy) is 1. The van der Waals surface area contributed by atoms with E-state index in [0.29, 0.717) is 12.6 Å². The lowest BCUT2D eigenvalue weighted by molar-refractivity contribution is 0.150. The minimum Gasteiger partial charge on any atom is -0.448 e. The maximum atomic E-state index is 11.0. The number of carbonyl (C=O) groups excluding carboxylic acids is 1. The molecule has 5 heteroatoms. The number of hydrogen-bond donors (Lipinski definition) is 1. The van der Waals surface area contributed by atoms with Gasteiger partial charge in [0.25, 0.3) is 0 Å². The Morgan fingerprint density at radius 3 is 2.92 bits per heavy atom. The molecule has 4 nitrogen and oxygen atoms in total. The third kappa shape index (κ3) is 1.64. The first kappa shape index (κ1) is 9.61. The third-order valence-corrected chi connectivity index (χ3v) is 2.27. The van der Waals surface area contributed by atoms with E-state index in [1.165, 1.54) is 0 Å². The highest BCUT2D eigenvalue weighted by atomic mass is 35.5. The average molecular weight is 193 g/mol. The van der Waals surface area contributed by atoms with E-state index >= 15 is 0 Å². The second kappa shape index (κ2) is 3.96. The van der Waals surface area contributed by atoms with Crippen LogP contribution in [0.4, 0.5) is 4.79 Å². The molecular weight excluding hydrogens is 180 g/mol. The topological polar surface area (TPSA) is 41.6 Å². The predicted molar refractivity (Wildman–Crippen MR) is 46.6 cm³/mol. The van der Waals surface area contributed by atoms with Crippen molar-refractivity contribution >= 4 is 18.5 Å². The maximum Gasteiger partial charge on any atom is 0.410 e. The zero-order valence-corrected chi connectivity index (χ0v) is 7.60. The molecule has 0 aliphatic carbocycles. The first-order valence-electron chi connectivity index (χ1n) is 4.02. The molecule has 2 fully saturated rings. The summed E-state index contributed by atoms with van der Waals surface area (Å²) in [5.41, 5.74) is 0. The van der Waals surface area contributed by atoms with Gasteiger partial charge < -0.3 is 15.0 Å². The van der Waals surface area contributed by atoms with Crippen molar-refractivity contribution in [2.45, 2.75) is 12.5 Å². The second-order valence-corrected chi connectivity index (χ2v) is 2.95. The number of hydrogen-bond acceptors (Lipinski definition) is 3. The Morgan fingerprint density at radius 2 is 2.42 bits per heavy atom. The van der Waals surface area contributed by atoms with E-state index in [0.717, 1.165) is 26.1 Å². The van der Waals surface area contributed by atoms with Gasteiger partial charge in [-0.25, -0.2) is 4.79 Å². The molecule has 1 amide bonds. The van der Waals surface area contributed by atoms with Crippen molar-refractivity contribution in [3.05, 3.63) is 0 Å². The zero-order valence-electron chi connectivity index (χ0n) is 6.78. The molecule has 0 saturated carbocycles. The molecule has 1 unspecified atom stereocenters. The van der Waals surface area contributed by atoms with E-state index in [9.17, 15) is 4.79 Å². The number of rotatable bonds is 1. The van der Waals surface area contributed by atoms with Crippen LogP contribution in [0.3, 0.4) is 0 Å². The summed E-state index contributed by atoms with van der Waals surface area (Å²) >= 11 is 0. The number of nitrogens with zero attached hydrogens (tertiary/aromatic N) is 1. The normalized spacial score (nSPS) is 28.5.